The highest BCUT2D eigenvalue weighted by Gasteiger charge is 2.26. The molecule has 0 saturated heterocycles. The van der Waals surface area contributed by atoms with Gasteiger partial charge in [0, 0.05) is 46.3 Å². The summed E-state index contributed by atoms with van der Waals surface area (Å²) in [5, 5.41) is 0. The van der Waals surface area contributed by atoms with Crippen LogP contribution >= 0.6 is 0 Å². The van der Waals surface area contributed by atoms with Crippen molar-refractivity contribution in [1.29, 1.82) is 0 Å². The molecule has 0 radical (unpaired) electrons. The van der Waals surface area contributed by atoms with Gasteiger partial charge in [0.1, 0.15) is 0 Å². The topological polar surface area (TPSA) is 52.6 Å². The van der Waals surface area contributed by atoms with Crippen molar-refractivity contribution >= 4 is 34.3 Å². The Hall–Kier alpha value is -3.15. The number of para-hydroxylation sites is 2. The molecule has 1 aliphatic rings. The van der Waals surface area contributed by atoms with E-state index in [1.54, 1.807) is 0 Å². The molecular formula is C23H27N5O. The van der Waals surface area contributed by atoms with Crippen LogP contribution in [-0.2, 0) is 11.2 Å². The van der Waals surface area contributed by atoms with Gasteiger partial charge in [-0.1, -0.05) is 24.3 Å². The Morgan fingerprint density at radius 3 is 2.28 bits per heavy atom. The van der Waals surface area contributed by atoms with Crippen LogP contribution in [-0.4, -0.2) is 50.1 Å². The zero-order chi connectivity index (χ0) is 20.4. The van der Waals surface area contributed by atoms with Crippen molar-refractivity contribution in [2.45, 2.75) is 19.3 Å². The lowest BCUT2D eigenvalue weighted by Gasteiger charge is -2.23. The molecule has 3 aromatic rings. The third-order valence-electron chi connectivity index (χ3n) is 5.41. The lowest BCUT2D eigenvalue weighted by molar-refractivity contribution is -0.118. The fourth-order valence-electron chi connectivity index (χ4n) is 3.69. The number of hydrogen-bond donors (Lipinski definition) is 0. The molecule has 0 bridgehead atoms. The largest absolute Gasteiger partial charge is 0.378 e. The molecule has 2 aromatic carbocycles. The number of aromatic nitrogens is 2. The minimum atomic E-state index is 0.0998. The third kappa shape index (κ3) is 4.01. The van der Waals surface area contributed by atoms with E-state index >= 15 is 0 Å². The lowest BCUT2D eigenvalue weighted by atomic mass is 10.1. The first kappa shape index (κ1) is 19.2. The van der Waals surface area contributed by atoms with Gasteiger partial charge in [0.05, 0.1) is 11.0 Å². The van der Waals surface area contributed by atoms with Gasteiger partial charge in [-0.05, 0) is 42.7 Å². The van der Waals surface area contributed by atoms with Crippen LogP contribution in [0.25, 0.3) is 11.0 Å². The summed E-state index contributed by atoms with van der Waals surface area (Å²) in [6.07, 6.45) is 2.07. The molecule has 0 saturated carbocycles. The summed E-state index contributed by atoms with van der Waals surface area (Å²) in [6.45, 7) is 1.53. The van der Waals surface area contributed by atoms with Crippen molar-refractivity contribution < 1.29 is 4.79 Å². The highest BCUT2D eigenvalue weighted by molar-refractivity contribution is 5.96. The van der Waals surface area contributed by atoms with Gasteiger partial charge in [-0.15, -0.1) is 0 Å². The van der Waals surface area contributed by atoms with E-state index in [2.05, 4.69) is 34.1 Å². The second kappa shape index (κ2) is 8.07. The molecule has 0 unspecified atom stereocenters. The summed E-state index contributed by atoms with van der Waals surface area (Å²) in [5.41, 5.74) is 4.00. The molecule has 0 spiro atoms. The monoisotopic (exact) mass is 389 g/mol. The summed E-state index contributed by atoms with van der Waals surface area (Å²) < 4.78 is 0. The molecule has 150 valence electrons. The summed E-state index contributed by atoms with van der Waals surface area (Å²) in [6, 6.07) is 16.2. The van der Waals surface area contributed by atoms with Crippen LogP contribution in [0, 0.1) is 0 Å². The lowest BCUT2D eigenvalue weighted by Crippen LogP contribution is -2.32. The Kier molecular flexibility index (Phi) is 5.34. The van der Waals surface area contributed by atoms with Crippen molar-refractivity contribution in [3.63, 3.8) is 0 Å². The highest BCUT2D eigenvalue weighted by atomic mass is 16.2. The first-order valence-electron chi connectivity index (χ1n) is 10.1. The number of carbonyl (C=O) groups excluding carboxylic acids is 1. The van der Waals surface area contributed by atoms with Crippen LogP contribution in [0.2, 0.25) is 0 Å². The van der Waals surface area contributed by atoms with E-state index < -0.39 is 0 Å². The fraction of sp³-hybridized carbons (Fsp3) is 0.348. The van der Waals surface area contributed by atoms with Gasteiger partial charge >= 0.3 is 0 Å². The Labute approximate surface area is 171 Å². The van der Waals surface area contributed by atoms with E-state index in [0.29, 0.717) is 18.8 Å². The number of aryl methyl sites for hydroxylation is 1. The van der Waals surface area contributed by atoms with Gasteiger partial charge in [0.25, 0.3) is 0 Å². The summed E-state index contributed by atoms with van der Waals surface area (Å²) in [4.78, 5) is 28.7. The SMILES string of the molecule is CN(C)c1ccc(CCC(=O)N2CCCN(C)c3nc4ccccc4nc32)cc1. The van der Waals surface area contributed by atoms with Crippen LogP contribution in [0.5, 0.6) is 0 Å². The molecule has 0 aliphatic carbocycles. The quantitative estimate of drug-likeness (QED) is 0.684. The van der Waals surface area contributed by atoms with Gasteiger partial charge in [-0.25, -0.2) is 9.97 Å². The van der Waals surface area contributed by atoms with Crippen LogP contribution in [0.1, 0.15) is 18.4 Å². The van der Waals surface area contributed by atoms with Crippen molar-refractivity contribution in [3.8, 4) is 0 Å². The molecule has 29 heavy (non-hydrogen) atoms. The number of benzene rings is 2. The zero-order valence-electron chi connectivity index (χ0n) is 17.3. The predicted molar refractivity (Wildman–Crippen MR) is 119 cm³/mol. The van der Waals surface area contributed by atoms with Crippen molar-refractivity contribution in [3.05, 3.63) is 54.1 Å². The minimum Gasteiger partial charge on any atom is -0.378 e. The van der Waals surface area contributed by atoms with E-state index in [0.717, 1.165) is 41.9 Å². The molecule has 0 N–H and O–H groups in total. The second-order valence-corrected chi connectivity index (χ2v) is 7.74. The average molecular weight is 390 g/mol. The molecular weight excluding hydrogens is 362 g/mol. The van der Waals surface area contributed by atoms with Crippen LogP contribution in [0.4, 0.5) is 17.3 Å². The Bertz CT molecular complexity index is 1020. The first-order chi connectivity index (χ1) is 14.0. The zero-order valence-corrected chi connectivity index (χ0v) is 17.3. The van der Waals surface area contributed by atoms with Crippen molar-refractivity contribution in [2.24, 2.45) is 0 Å². The first-order valence-corrected chi connectivity index (χ1v) is 10.1. The van der Waals surface area contributed by atoms with E-state index in [-0.39, 0.29) is 5.91 Å². The minimum absolute atomic E-state index is 0.0998. The molecule has 1 aliphatic heterocycles. The van der Waals surface area contributed by atoms with Gasteiger partial charge in [-0.3, -0.25) is 9.69 Å². The smallest absolute Gasteiger partial charge is 0.228 e. The molecule has 6 heteroatoms. The number of rotatable bonds is 4. The van der Waals surface area contributed by atoms with Gasteiger partial charge < -0.3 is 9.80 Å². The Balaban J connectivity index is 1.56. The average Bonchev–Trinajstić information content (AvgIpc) is 2.89. The number of hydrogen-bond acceptors (Lipinski definition) is 5. The summed E-state index contributed by atoms with van der Waals surface area (Å²) in [5.74, 6) is 1.56. The van der Waals surface area contributed by atoms with Crippen LogP contribution in [0.3, 0.4) is 0 Å². The third-order valence-corrected chi connectivity index (χ3v) is 5.41. The number of carbonyl (C=O) groups is 1. The van der Waals surface area contributed by atoms with Gasteiger partial charge in [0.2, 0.25) is 5.91 Å². The molecule has 6 nitrogen and oxygen atoms in total. The number of nitrogens with zero attached hydrogens (tertiary/aromatic N) is 5. The fourth-order valence-corrected chi connectivity index (χ4v) is 3.69. The number of amides is 1. The number of anilines is 3. The number of fused-ring (bicyclic) bond motifs is 2. The van der Waals surface area contributed by atoms with Crippen molar-refractivity contribution in [2.75, 3.05) is 48.9 Å². The predicted octanol–water partition coefficient (Wildman–Crippen LogP) is 3.50. The Morgan fingerprint density at radius 1 is 0.966 bits per heavy atom. The molecule has 1 aromatic heterocycles. The maximum Gasteiger partial charge on any atom is 0.228 e. The molecule has 2 heterocycles. The van der Waals surface area contributed by atoms with E-state index in [1.165, 1.54) is 5.56 Å². The molecule has 1 amide bonds. The van der Waals surface area contributed by atoms with E-state index in [9.17, 15) is 4.79 Å². The van der Waals surface area contributed by atoms with Crippen LogP contribution in [0.15, 0.2) is 48.5 Å². The van der Waals surface area contributed by atoms with Gasteiger partial charge in [-0.2, -0.15) is 0 Å². The molecule has 0 atom stereocenters. The Morgan fingerprint density at radius 2 is 1.62 bits per heavy atom. The van der Waals surface area contributed by atoms with E-state index in [1.807, 2.05) is 50.3 Å². The van der Waals surface area contributed by atoms with Crippen molar-refractivity contribution in [1.82, 2.24) is 9.97 Å². The second-order valence-electron chi connectivity index (χ2n) is 7.74. The van der Waals surface area contributed by atoms with Gasteiger partial charge in [0.15, 0.2) is 11.6 Å². The maximum absolute atomic E-state index is 13.1. The molecule has 0 fully saturated rings. The highest BCUT2D eigenvalue weighted by Crippen LogP contribution is 2.30. The van der Waals surface area contributed by atoms with Crippen LogP contribution < -0.4 is 14.7 Å². The summed E-state index contributed by atoms with van der Waals surface area (Å²) in [7, 11) is 6.07. The molecule has 4 rings (SSSR count). The summed E-state index contributed by atoms with van der Waals surface area (Å²) >= 11 is 0. The normalized spacial score (nSPS) is 13.9. The van der Waals surface area contributed by atoms with E-state index in [4.69, 9.17) is 9.97 Å². The standard InChI is InChI=1S/C23H27N5O/c1-26(2)18-12-9-17(10-13-18)11-14-21(29)28-16-6-15-27(3)22-23(28)25-20-8-5-4-7-19(20)24-22/h4-5,7-10,12-13H,6,11,14-16H2,1-3H3. The maximum atomic E-state index is 13.1.